The van der Waals surface area contributed by atoms with Crippen molar-refractivity contribution in [3.05, 3.63) is 76.8 Å². The summed E-state index contributed by atoms with van der Waals surface area (Å²) in [6, 6.07) is 20.2. The van der Waals surface area contributed by atoms with E-state index in [1.54, 1.807) is 6.07 Å². The molecule has 0 amide bonds. The number of aromatic nitrogens is 1. The third-order valence-corrected chi connectivity index (χ3v) is 6.38. The van der Waals surface area contributed by atoms with Crippen molar-refractivity contribution in [3.63, 3.8) is 0 Å². The van der Waals surface area contributed by atoms with Gasteiger partial charge < -0.3 is 10.0 Å². The Morgan fingerprint density at radius 3 is 2.41 bits per heavy atom. The summed E-state index contributed by atoms with van der Waals surface area (Å²) < 4.78 is 0. The molecular formula is C23H25N3O2S. The van der Waals surface area contributed by atoms with Gasteiger partial charge in [0.15, 0.2) is 0 Å². The van der Waals surface area contributed by atoms with Crippen molar-refractivity contribution in [2.24, 2.45) is 0 Å². The first-order valence-corrected chi connectivity index (χ1v) is 10.8. The van der Waals surface area contributed by atoms with Crippen LogP contribution in [0.25, 0.3) is 10.6 Å². The predicted molar refractivity (Wildman–Crippen MR) is 116 cm³/mol. The van der Waals surface area contributed by atoms with Gasteiger partial charge in [0.05, 0.1) is 16.3 Å². The average Bonchev–Trinajstić information content (AvgIpc) is 3.25. The smallest absolute Gasteiger partial charge is 0.345 e. The number of carbonyl (C=O) groups is 1. The number of benzene rings is 1. The van der Waals surface area contributed by atoms with Crippen LogP contribution in [-0.2, 0) is 13.0 Å². The van der Waals surface area contributed by atoms with E-state index < -0.39 is 5.97 Å². The van der Waals surface area contributed by atoms with E-state index in [-0.39, 0.29) is 0 Å². The standard InChI is InChI=1S/C23H25N3O2S/c27-23(28)22-10-9-21(29-22)20-8-4-7-19(24-20)17-26-15-13-25(14-16-26)12-11-18-5-2-1-3-6-18/h1-10H,11-17H2,(H,27,28). The van der Waals surface area contributed by atoms with Gasteiger partial charge in [-0.15, -0.1) is 11.3 Å². The second kappa shape index (κ2) is 9.31. The molecule has 0 atom stereocenters. The lowest BCUT2D eigenvalue weighted by molar-refractivity contribution is 0.0702. The van der Waals surface area contributed by atoms with Gasteiger partial charge in [-0.2, -0.15) is 0 Å². The fraction of sp³-hybridized carbons (Fsp3) is 0.304. The molecule has 0 saturated carbocycles. The quantitative estimate of drug-likeness (QED) is 0.644. The monoisotopic (exact) mass is 407 g/mol. The minimum Gasteiger partial charge on any atom is -0.477 e. The van der Waals surface area contributed by atoms with Gasteiger partial charge in [0.2, 0.25) is 0 Å². The van der Waals surface area contributed by atoms with E-state index in [0.717, 1.165) is 62.0 Å². The lowest BCUT2D eigenvalue weighted by Crippen LogP contribution is -2.46. The van der Waals surface area contributed by atoms with Crippen molar-refractivity contribution in [3.8, 4) is 10.6 Å². The summed E-state index contributed by atoms with van der Waals surface area (Å²) in [6.45, 7) is 6.19. The first-order chi connectivity index (χ1) is 14.2. The zero-order chi connectivity index (χ0) is 20.1. The molecule has 1 N–H and O–H groups in total. The van der Waals surface area contributed by atoms with Crippen LogP contribution in [0, 0.1) is 0 Å². The summed E-state index contributed by atoms with van der Waals surface area (Å²) in [7, 11) is 0. The highest BCUT2D eigenvalue weighted by Gasteiger charge is 2.17. The Hall–Kier alpha value is -2.54. The Bertz CT molecular complexity index is 950. The number of thiophene rings is 1. The highest BCUT2D eigenvalue weighted by atomic mass is 32.1. The van der Waals surface area contributed by atoms with Crippen LogP contribution in [0.1, 0.15) is 20.9 Å². The fourth-order valence-corrected chi connectivity index (χ4v) is 4.44. The molecule has 0 unspecified atom stereocenters. The zero-order valence-corrected chi connectivity index (χ0v) is 17.1. The van der Waals surface area contributed by atoms with Crippen molar-refractivity contribution < 1.29 is 9.90 Å². The molecule has 0 spiro atoms. The number of pyridine rings is 1. The van der Waals surface area contributed by atoms with E-state index in [0.29, 0.717) is 4.88 Å². The summed E-state index contributed by atoms with van der Waals surface area (Å²) in [5, 5.41) is 9.12. The van der Waals surface area contributed by atoms with Crippen LogP contribution in [0.4, 0.5) is 0 Å². The number of aromatic carboxylic acids is 1. The van der Waals surface area contributed by atoms with E-state index in [4.69, 9.17) is 10.1 Å². The van der Waals surface area contributed by atoms with E-state index in [1.807, 2.05) is 18.2 Å². The Balaban J connectivity index is 1.29. The van der Waals surface area contributed by atoms with Gasteiger partial charge in [-0.05, 0) is 36.2 Å². The molecule has 29 heavy (non-hydrogen) atoms. The lowest BCUT2D eigenvalue weighted by Gasteiger charge is -2.34. The van der Waals surface area contributed by atoms with Crippen LogP contribution in [-0.4, -0.2) is 58.6 Å². The van der Waals surface area contributed by atoms with Crippen molar-refractivity contribution in [2.45, 2.75) is 13.0 Å². The summed E-state index contributed by atoms with van der Waals surface area (Å²) in [5.41, 5.74) is 3.28. The Kier molecular flexibility index (Phi) is 6.34. The topological polar surface area (TPSA) is 56.7 Å². The Morgan fingerprint density at radius 1 is 0.931 bits per heavy atom. The normalized spacial score (nSPS) is 15.4. The van der Waals surface area contributed by atoms with Crippen LogP contribution in [0.5, 0.6) is 0 Å². The number of nitrogens with zero attached hydrogens (tertiary/aromatic N) is 3. The second-order valence-corrected chi connectivity index (χ2v) is 8.42. The molecule has 1 aromatic carbocycles. The zero-order valence-electron chi connectivity index (χ0n) is 16.3. The summed E-state index contributed by atoms with van der Waals surface area (Å²) in [4.78, 5) is 22.1. The summed E-state index contributed by atoms with van der Waals surface area (Å²) >= 11 is 1.27. The number of hydrogen-bond donors (Lipinski definition) is 1. The van der Waals surface area contributed by atoms with E-state index in [1.165, 1.54) is 16.9 Å². The lowest BCUT2D eigenvalue weighted by atomic mass is 10.1. The summed E-state index contributed by atoms with van der Waals surface area (Å²) in [6.07, 6.45) is 1.10. The minimum absolute atomic E-state index is 0.346. The Labute approximate surface area is 175 Å². The van der Waals surface area contributed by atoms with Gasteiger partial charge in [-0.25, -0.2) is 4.79 Å². The molecule has 6 heteroatoms. The molecule has 1 aliphatic rings. The highest BCUT2D eigenvalue weighted by molar-refractivity contribution is 7.17. The van der Waals surface area contributed by atoms with E-state index in [9.17, 15) is 4.79 Å². The predicted octanol–water partition coefficient (Wildman–Crippen LogP) is 3.87. The average molecular weight is 408 g/mol. The molecule has 150 valence electrons. The first kappa shape index (κ1) is 19.8. The van der Waals surface area contributed by atoms with Gasteiger partial charge in [-0.3, -0.25) is 9.88 Å². The minimum atomic E-state index is -0.887. The number of carboxylic acid groups (broad SMARTS) is 1. The maximum absolute atomic E-state index is 11.1. The van der Waals surface area contributed by atoms with Crippen molar-refractivity contribution in [1.29, 1.82) is 0 Å². The third kappa shape index (κ3) is 5.29. The van der Waals surface area contributed by atoms with Gasteiger partial charge in [0.1, 0.15) is 4.88 Å². The fourth-order valence-electron chi connectivity index (χ4n) is 3.63. The molecule has 3 heterocycles. The maximum Gasteiger partial charge on any atom is 0.345 e. The molecule has 3 aromatic rings. The number of piperazine rings is 1. The van der Waals surface area contributed by atoms with Crippen molar-refractivity contribution in [2.75, 3.05) is 32.7 Å². The molecule has 1 aliphatic heterocycles. The third-order valence-electron chi connectivity index (χ3n) is 5.29. The first-order valence-electron chi connectivity index (χ1n) is 9.95. The van der Waals surface area contributed by atoms with Crippen LogP contribution in [0.15, 0.2) is 60.7 Å². The molecule has 0 radical (unpaired) electrons. The van der Waals surface area contributed by atoms with Crippen molar-refractivity contribution in [1.82, 2.24) is 14.8 Å². The number of carboxylic acids is 1. The SMILES string of the molecule is O=C(O)c1ccc(-c2cccc(CN3CCN(CCc4ccccc4)CC3)n2)s1. The molecule has 4 rings (SSSR count). The second-order valence-electron chi connectivity index (χ2n) is 7.34. The van der Waals surface area contributed by atoms with Gasteiger partial charge in [0, 0.05) is 39.3 Å². The molecule has 0 aliphatic carbocycles. The Morgan fingerprint density at radius 2 is 1.69 bits per heavy atom. The molecule has 1 fully saturated rings. The van der Waals surface area contributed by atoms with Crippen LogP contribution < -0.4 is 0 Å². The summed E-state index contributed by atoms with van der Waals surface area (Å²) in [5.74, 6) is -0.887. The van der Waals surface area contributed by atoms with Crippen LogP contribution in [0.3, 0.4) is 0 Å². The molecule has 5 nitrogen and oxygen atoms in total. The largest absolute Gasteiger partial charge is 0.477 e. The molecule has 1 saturated heterocycles. The maximum atomic E-state index is 11.1. The van der Waals surface area contributed by atoms with Crippen LogP contribution in [0.2, 0.25) is 0 Å². The van der Waals surface area contributed by atoms with Crippen LogP contribution >= 0.6 is 11.3 Å². The van der Waals surface area contributed by atoms with Gasteiger partial charge in [0.25, 0.3) is 0 Å². The van der Waals surface area contributed by atoms with E-state index in [2.05, 4.69) is 46.2 Å². The number of rotatable bonds is 7. The van der Waals surface area contributed by atoms with Crippen molar-refractivity contribution >= 4 is 17.3 Å². The highest BCUT2D eigenvalue weighted by Crippen LogP contribution is 2.27. The molecule has 2 aromatic heterocycles. The number of hydrogen-bond acceptors (Lipinski definition) is 5. The molecular weight excluding hydrogens is 382 g/mol. The van der Waals surface area contributed by atoms with E-state index >= 15 is 0 Å². The molecule has 0 bridgehead atoms. The van der Waals surface area contributed by atoms with Gasteiger partial charge >= 0.3 is 5.97 Å². The van der Waals surface area contributed by atoms with Gasteiger partial charge in [-0.1, -0.05) is 36.4 Å².